The molecule has 1 aliphatic rings. The van der Waals surface area contributed by atoms with Crippen LogP contribution in [-0.2, 0) is 18.4 Å². The average Bonchev–Trinajstić information content (AvgIpc) is 2.73. The monoisotopic (exact) mass is 276 g/mol. The van der Waals surface area contributed by atoms with Gasteiger partial charge in [0, 0.05) is 6.42 Å². The highest BCUT2D eigenvalue weighted by Gasteiger charge is 2.36. The summed E-state index contributed by atoms with van der Waals surface area (Å²) in [6, 6.07) is 12.6. The van der Waals surface area contributed by atoms with Crippen LogP contribution in [0.15, 0.2) is 42.5 Å². The molecular weight excluding hydrogens is 263 g/mol. The first-order chi connectivity index (χ1) is 9.08. The predicted octanol–water partition coefficient (Wildman–Crippen LogP) is 3.86. The highest BCUT2D eigenvalue weighted by atomic mass is 35.5. The van der Waals surface area contributed by atoms with E-state index in [1.54, 1.807) is 12.1 Å². The lowest BCUT2D eigenvalue weighted by molar-refractivity contribution is 0.0389. The van der Waals surface area contributed by atoms with Gasteiger partial charge in [0.25, 0.3) is 0 Å². The molecule has 0 aliphatic heterocycles. The third kappa shape index (κ3) is 2.26. The summed E-state index contributed by atoms with van der Waals surface area (Å²) in [4.78, 5) is 0. The number of fused-ring (bicyclic) bond motifs is 1. The van der Waals surface area contributed by atoms with Gasteiger partial charge in [0.1, 0.15) is 5.82 Å². The minimum Gasteiger partial charge on any atom is -0.385 e. The molecule has 3 rings (SSSR count). The van der Waals surface area contributed by atoms with E-state index in [1.165, 1.54) is 11.6 Å². The molecule has 2 aromatic rings. The van der Waals surface area contributed by atoms with Gasteiger partial charge in [0.15, 0.2) is 0 Å². The van der Waals surface area contributed by atoms with Crippen LogP contribution < -0.4 is 0 Å². The molecule has 3 heteroatoms. The van der Waals surface area contributed by atoms with Crippen molar-refractivity contribution < 1.29 is 9.50 Å². The summed E-state index contributed by atoms with van der Waals surface area (Å²) in [6.45, 7) is 0. The fourth-order valence-corrected chi connectivity index (χ4v) is 3.04. The Morgan fingerprint density at radius 3 is 2.79 bits per heavy atom. The molecule has 0 radical (unpaired) electrons. The van der Waals surface area contributed by atoms with E-state index in [-0.39, 0.29) is 5.02 Å². The Kier molecular flexibility index (Phi) is 3.08. The van der Waals surface area contributed by atoms with Crippen LogP contribution in [0.3, 0.4) is 0 Å². The fraction of sp³-hybridized carbons (Fsp3) is 0.250. The van der Waals surface area contributed by atoms with Gasteiger partial charge in [-0.05, 0) is 41.7 Å². The van der Waals surface area contributed by atoms with Gasteiger partial charge in [-0.1, -0.05) is 41.9 Å². The summed E-state index contributed by atoms with van der Waals surface area (Å²) < 4.78 is 13.2. The second-order valence-electron chi connectivity index (χ2n) is 5.11. The molecule has 0 saturated carbocycles. The minimum absolute atomic E-state index is 0.104. The van der Waals surface area contributed by atoms with Crippen LogP contribution in [0.25, 0.3) is 0 Å². The zero-order chi connectivity index (χ0) is 13.5. The third-order valence-electron chi connectivity index (χ3n) is 3.81. The molecule has 1 unspecified atom stereocenters. The molecule has 1 N–H and O–H groups in total. The first kappa shape index (κ1) is 12.6. The van der Waals surface area contributed by atoms with Gasteiger partial charge < -0.3 is 5.11 Å². The minimum atomic E-state index is -0.863. The normalized spacial score (nSPS) is 21.4. The van der Waals surface area contributed by atoms with Gasteiger partial charge in [-0.3, -0.25) is 0 Å². The van der Waals surface area contributed by atoms with E-state index in [2.05, 4.69) is 0 Å². The molecule has 1 atom stereocenters. The van der Waals surface area contributed by atoms with Crippen molar-refractivity contribution in [3.63, 3.8) is 0 Å². The van der Waals surface area contributed by atoms with Crippen LogP contribution in [0.1, 0.15) is 23.1 Å². The first-order valence-electron chi connectivity index (χ1n) is 6.33. The number of aliphatic hydroxyl groups is 1. The summed E-state index contributed by atoms with van der Waals surface area (Å²) >= 11 is 5.79. The third-order valence-corrected chi connectivity index (χ3v) is 4.10. The van der Waals surface area contributed by atoms with Crippen LogP contribution in [0, 0.1) is 5.82 Å². The number of halogens is 2. The molecule has 0 bridgehead atoms. The van der Waals surface area contributed by atoms with Gasteiger partial charge in [0.05, 0.1) is 10.6 Å². The van der Waals surface area contributed by atoms with Crippen LogP contribution in [0.4, 0.5) is 4.39 Å². The molecule has 1 aliphatic carbocycles. The van der Waals surface area contributed by atoms with Crippen molar-refractivity contribution in [2.24, 2.45) is 0 Å². The highest BCUT2D eigenvalue weighted by Crippen LogP contribution is 2.39. The molecule has 0 aromatic heterocycles. The highest BCUT2D eigenvalue weighted by molar-refractivity contribution is 6.30. The SMILES string of the molecule is OC1(Cc2ccc(F)c(Cl)c2)CCc2ccccc21. The van der Waals surface area contributed by atoms with Gasteiger partial charge in [-0.25, -0.2) is 4.39 Å². The standard InChI is InChI=1S/C16H14ClFO/c17-14-9-11(5-6-15(14)18)10-16(19)8-7-12-3-1-2-4-13(12)16/h1-6,9,19H,7-8,10H2. The average molecular weight is 277 g/mol. The predicted molar refractivity (Wildman–Crippen MR) is 73.8 cm³/mol. The molecule has 2 aromatic carbocycles. The van der Waals surface area contributed by atoms with Crippen LogP contribution in [0.5, 0.6) is 0 Å². The molecule has 0 spiro atoms. The van der Waals surface area contributed by atoms with Crippen LogP contribution >= 0.6 is 11.6 Å². The second kappa shape index (κ2) is 4.62. The maximum Gasteiger partial charge on any atom is 0.141 e. The van der Waals surface area contributed by atoms with Gasteiger partial charge in [0.2, 0.25) is 0 Å². The number of rotatable bonds is 2. The Morgan fingerprint density at radius 1 is 1.21 bits per heavy atom. The maximum atomic E-state index is 13.2. The lowest BCUT2D eigenvalue weighted by atomic mass is 9.89. The van der Waals surface area contributed by atoms with E-state index in [0.717, 1.165) is 17.5 Å². The smallest absolute Gasteiger partial charge is 0.141 e. The number of benzene rings is 2. The van der Waals surface area contributed by atoms with Crippen LogP contribution in [0.2, 0.25) is 5.02 Å². The van der Waals surface area contributed by atoms with E-state index in [9.17, 15) is 9.50 Å². The Labute approximate surface area is 116 Å². The summed E-state index contributed by atoms with van der Waals surface area (Å²) in [5.41, 5.74) is 2.16. The Morgan fingerprint density at radius 2 is 2.00 bits per heavy atom. The van der Waals surface area contributed by atoms with E-state index < -0.39 is 11.4 Å². The molecule has 0 fully saturated rings. The zero-order valence-electron chi connectivity index (χ0n) is 10.4. The van der Waals surface area contributed by atoms with E-state index in [1.807, 2.05) is 24.3 Å². The molecule has 98 valence electrons. The Balaban J connectivity index is 1.93. The molecule has 0 amide bonds. The lowest BCUT2D eigenvalue weighted by Crippen LogP contribution is -2.25. The topological polar surface area (TPSA) is 20.2 Å². The zero-order valence-corrected chi connectivity index (χ0v) is 11.1. The summed E-state index contributed by atoms with van der Waals surface area (Å²) in [5.74, 6) is -0.427. The number of hydrogen-bond donors (Lipinski definition) is 1. The Bertz CT molecular complexity index is 626. The van der Waals surface area contributed by atoms with E-state index in [4.69, 9.17) is 11.6 Å². The van der Waals surface area contributed by atoms with Crippen molar-refractivity contribution in [1.29, 1.82) is 0 Å². The quantitative estimate of drug-likeness (QED) is 0.883. The fourth-order valence-electron chi connectivity index (χ4n) is 2.84. The summed E-state index contributed by atoms with van der Waals surface area (Å²) in [5, 5.41) is 10.9. The Hall–Kier alpha value is -1.38. The molecule has 0 heterocycles. The van der Waals surface area contributed by atoms with E-state index in [0.29, 0.717) is 12.8 Å². The molecule has 19 heavy (non-hydrogen) atoms. The molecular formula is C16H14ClFO. The van der Waals surface area contributed by atoms with Gasteiger partial charge in [-0.15, -0.1) is 0 Å². The van der Waals surface area contributed by atoms with E-state index >= 15 is 0 Å². The lowest BCUT2D eigenvalue weighted by Gasteiger charge is -2.24. The summed E-state index contributed by atoms with van der Waals surface area (Å²) in [6.07, 6.45) is 2.03. The largest absolute Gasteiger partial charge is 0.385 e. The van der Waals surface area contributed by atoms with Crippen molar-refractivity contribution in [3.8, 4) is 0 Å². The number of hydrogen-bond acceptors (Lipinski definition) is 1. The second-order valence-corrected chi connectivity index (χ2v) is 5.52. The van der Waals surface area contributed by atoms with Crippen molar-refractivity contribution >= 4 is 11.6 Å². The van der Waals surface area contributed by atoms with Crippen molar-refractivity contribution in [3.05, 3.63) is 70.0 Å². The van der Waals surface area contributed by atoms with Gasteiger partial charge >= 0.3 is 0 Å². The molecule has 1 nitrogen and oxygen atoms in total. The molecule has 0 saturated heterocycles. The van der Waals surface area contributed by atoms with Crippen LogP contribution in [-0.4, -0.2) is 5.11 Å². The first-order valence-corrected chi connectivity index (χ1v) is 6.71. The van der Waals surface area contributed by atoms with Crippen molar-refractivity contribution in [2.75, 3.05) is 0 Å². The van der Waals surface area contributed by atoms with Crippen molar-refractivity contribution in [2.45, 2.75) is 24.9 Å². The van der Waals surface area contributed by atoms with Crippen molar-refractivity contribution in [1.82, 2.24) is 0 Å². The van der Waals surface area contributed by atoms with Gasteiger partial charge in [-0.2, -0.15) is 0 Å². The summed E-state index contributed by atoms with van der Waals surface area (Å²) in [7, 11) is 0. The maximum absolute atomic E-state index is 13.2. The number of aryl methyl sites for hydroxylation is 1.